The molecule has 0 aliphatic heterocycles. The van der Waals surface area contributed by atoms with Gasteiger partial charge in [0.05, 0.1) is 0 Å². The molecule has 1 atom stereocenters. The molecule has 2 nitrogen and oxygen atoms in total. The zero-order chi connectivity index (χ0) is 13.1. The highest BCUT2D eigenvalue weighted by molar-refractivity contribution is 5.34. The van der Waals surface area contributed by atoms with Crippen LogP contribution in [0.2, 0.25) is 0 Å². The van der Waals surface area contributed by atoms with Crippen LogP contribution < -0.4 is 5.32 Å². The first kappa shape index (κ1) is 12.5. The number of rotatable bonds is 5. The molecule has 0 spiro atoms. The van der Waals surface area contributed by atoms with E-state index in [1.165, 1.54) is 36.1 Å². The molecule has 1 aliphatic rings. The third-order valence-electron chi connectivity index (χ3n) is 4.05. The van der Waals surface area contributed by atoms with E-state index in [1.54, 1.807) is 0 Å². The molecule has 1 aliphatic carbocycles. The van der Waals surface area contributed by atoms with Crippen LogP contribution in [0.5, 0.6) is 0 Å². The van der Waals surface area contributed by atoms with Gasteiger partial charge >= 0.3 is 0 Å². The summed E-state index contributed by atoms with van der Waals surface area (Å²) in [6, 6.07) is 13.7. The summed E-state index contributed by atoms with van der Waals surface area (Å²) >= 11 is 0. The fourth-order valence-corrected chi connectivity index (χ4v) is 3.07. The smallest absolute Gasteiger partial charge is 0.0364 e. The molecule has 0 saturated carbocycles. The van der Waals surface area contributed by atoms with Crippen LogP contribution in [-0.4, -0.2) is 4.57 Å². The minimum Gasteiger partial charge on any atom is -0.350 e. The lowest BCUT2D eigenvalue weighted by atomic mass is 10.1. The van der Waals surface area contributed by atoms with Gasteiger partial charge in [-0.05, 0) is 42.5 Å². The predicted molar refractivity (Wildman–Crippen MR) is 79.1 cm³/mol. The van der Waals surface area contributed by atoms with Gasteiger partial charge in [0, 0.05) is 31.0 Å². The van der Waals surface area contributed by atoms with E-state index < -0.39 is 0 Å². The van der Waals surface area contributed by atoms with E-state index in [2.05, 4.69) is 59.4 Å². The van der Waals surface area contributed by atoms with Gasteiger partial charge in [-0.15, -0.1) is 0 Å². The first-order valence-corrected chi connectivity index (χ1v) is 7.33. The van der Waals surface area contributed by atoms with Gasteiger partial charge < -0.3 is 9.88 Å². The lowest BCUT2D eigenvalue weighted by Crippen LogP contribution is -2.20. The Hall–Kier alpha value is -1.54. The number of hydrogen-bond donors (Lipinski definition) is 1. The van der Waals surface area contributed by atoms with Crippen LogP contribution >= 0.6 is 0 Å². The second-order valence-electron chi connectivity index (χ2n) is 5.36. The molecule has 1 heterocycles. The van der Waals surface area contributed by atoms with Crippen molar-refractivity contribution in [3.05, 3.63) is 59.4 Å². The summed E-state index contributed by atoms with van der Waals surface area (Å²) in [6.07, 6.45) is 5.81. The Morgan fingerprint density at radius 3 is 3.00 bits per heavy atom. The molecule has 1 unspecified atom stereocenters. The summed E-state index contributed by atoms with van der Waals surface area (Å²) in [4.78, 5) is 0. The molecule has 100 valence electrons. The number of aryl methyl sites for hydroxylation is 2. The number of nitrogens with one attached hydrogen (secondary N) is 1. The van der Waals surface area contributed by atoms with E-state index in [-0.39, 0.29) is 0 Å². The van der Waals surface area contributed by atoms with Gasteiger partial charge in [0.15, 0.2) is 0 Å². The van der Waals surface area contributed by atoms with E-state index >= 15 is 0 Å². The zero-order valence-corrected chi connectivity index (χ0v) is 11.6. The molecule has 3 rings (SSSR count). The van der Waals surface area contributed by atoms with Crippen molar-refractivity contribution < 1.29 is 0 Å². The Labute approximate surface area is 115 Å². The molecular formula is C17H22N2. The highest BCUT2D eigenvalue weighted by Gasteiger charge is 2.21. The van der Waals surface area contributed by atoms with Crippen molar-refractivity contribution in [2.75, 3.05) is 0 Å². The molecule has 1 aromatic carbocycles. The molecule has 2 heteroatoms. The maximum absolute atomic E-state index is 3.72. The maximum Gasteiger partial charge on any atom is 0.0364 e. The number of fused-ring (bicyclic) bond motifs is 1. The van der Waals surface area contributed by atoms with E-state index in [0.29, 0.717) is 6.04 Å². The average Bonchev–Trinajstić information content (AvgIpc) is 3.04. The van der Waals surface area contributed by atoms with Gasteiger partial charge in [-0.3, -0.25) is 0 Å². The third-order valence-corrected chi connectivity index (χ3v) is 4.05. The summed E-state index contributed by atoms with van der Waals surface area (Å²) in [7, 11) is 0. The van der Waals surface area contributed by atoms with Crippen molar-refractivity contribution in [2.24, 2.45) is 0 Å². The molecule has 19 heavy (non-hydrogen) atoms. The Morgan fingerprint density at radius 1 is 1.21 bits per heavy atom. The lowest BCUT2D eigenvalue weighted by Gasteiger charge is -2.15. The van der Waals surface area contributed by atoms with E-state index in [9.17, 15) is 0 Å². The second-order valence-corrected chi connectivity index (χ2v) is 5.36. The molecule has 1 aromatic heterocycles. The van der Waals surface area contributed by atoms with Crippen LogP contribution in [-0.2, 0) is 19.5 Å². The molecular weight excluding hydrogens is 232 g/mol. The molecule has 0 bridgehead atoms. The average molecular weight is 254 g/mol. The van der Waals surface area contributed by atoms with Gasteiger partial charge in [-0.1, -0.05) is 31.2 Å². The lowest BCUT2D eigenvalue weighted by molar-refractivity contribution is 0.509. The van der Waals surface area contributed by atoms with Gasteiger partial charge in [0.25, 0.3) is 0 Å². The predicted octanol–water partition coefficient (Wildman–Crippen LogP) is 3.68. The fourth-order valence-electron chi connectivity index (χ4n) is 3.07. The van der Waals surface area contributed by atoms with Crippen LogP contribution in [0.15, 0.2) is 42.6 Å². The largest absolute Gasteiger partial charge is 0.350 e. The summed E-state index contributed by atoms with van der Waals surface area (Å²) in [6.45, 7) is 4.31. The summed E-state index contributed by atoms with van der Waals surface area (Å²) in [5, 5.41) is 3.72. The number of nitrogens with zero attached hydrogens (tertiary/aromatic N) is 1. The third kappa shape index (κ3) is 2.59. The molecule has 0 amide bonds. The molecule has 1 N–H and O–H groups in total. The van der Waals surface area contributed by atoms with Gasteiger partial charge in [0.2, 0.25) is 0 Å². The van der Waals surface area contributed by atoms with Crippen molar-refractivity contribution in [3.8, 4) is 0 Å². The highest BCUT2D eigenvalue weighted by atomic mass is 15.0. The number of aromatic nitrogens is 1. The summed E-state index contributed by atoms with van der Waals surface area (Å²) in [5.74, 6) is 0. The van der Waals surface area contributed by atoms with Crippen LogP contribution in [0.4, 0.5) is 0 Å². The monoisotopic (exact) mass is 254 g/mol. The minimum atomic E-state index is 0.529. The summed E-state index contributed by atoms with van der Waals surface area (Å²) < 4.78 is 2.36. The van der Waals surface area contributed by atoms with Crippen molar-refractivity contribution in [1.82, 2.24) is 9.88 Å². The fraction of sp³-hybridized carbons (Fsp3) is 0.412. The first-order valence-electron chi connectivity index (χ1n) is 7.33. The SMILES string of the molecule is CCCn1cccc1CNC1CCc2ccccc21. The molecule has 2 aromatic rings. The maximum atomic E-state index is 3.72. The van der Waals surface area contributed by atoms with Crippen molar-refractivity contribution in [3.63, 3.8) is 0 Å². The van der Waals surface area contributed by atoms with Crippen molar-refractivity contribution >= 4 is 0 Å². The van der Waals surface area contributed by atoms with Gasteiger partial charge in [-0.2, -0.15) is 0 Å². The molecule has 0 fully saturated rings. The quantitative estimate of drug-likeness (QED) is 0.861. The van der Waals surface area contributed by atoms with Crippen LogP contribution in [0, 0.1) is 0 Å². The zero-order valence-electron chi connectivity index (χ0n) is 11.6. The van der Waals surface area contributed by atoms with Gasteiger partial charge in [-0.25, -0.2) is 0 Å². The Balaban J connectivity index is 1.66. The standard InChI is InChI=1S/C17H22N2/c1-2-11-19-12-5-7-15(19)13-18-17-10-9-14-6-3-4-8-16(14)17/h3-8,12,17-18H,2,9-11,13H2,1H3. The Morgan fingerprint density at radius 2 is 2.11 bits per heavy atom. The highest BCUT2D eigenvalue weighted by Crippen LogP contribution is 2.30. The van der Waals surface area contributed by atoms with Crippen molar-refractivity contribution in [1.29, 1.82) is 0 Å². The van der Waals surface area contributed by atoms with E-state index in [0.717, 1.165) is 13.1 Å². The first-order chi connectivity index (χ1) is 9.38. The molecule has 0 radical (unpaired) electrons. The van der Waals surface area contributed by atoms with Crippen molar-refractivity contribution in [2.45, 2.75) is 45.3 Å². The number of benzene rings is 1. The summed E-state index contributed by atoms with van der Waals surface area (Å²) in [5.41, 5.74) is 4.41. The van der Waals surface area contributed by atoms with Gasteiger partial charge in [0.1, 0.15) is 0 Å². The topological polar surface area (TPSA) is 17.0 Å². The number of hydrogen-bond acceptors (Lipinski definition) is 1. The Kier molecular flexibility index (Phi) is 3.69. The van der Waals surface area contributed by atoms with E-state index in [4.69, 9.17) is 0 Å². The van der Waals surface area contributed by atoms with Crippen LogP contribution in [0.1, 0.15) is 42.6 Å². The molecule has 0 saturated heterocycles. The van der Waals surface area contributed by atoms with E-state index in [1.807, 2.05) is 0 Å². The van der Waals surface area contributed by atoms with Crippen LogP contribution in [0.25, 0.3) is 0 Å². The minimum absolute atomic E-state index is 0.529. The Bertz CT molecular complexity index is 542. The normalized spacial score (nSPS) is 17.6. The van der Waals surface area contributed by atoms with Crippen LogP contribution in [0.3, 0.4) is 0 Å². The second kappa shape index (κ2) is 5.62.